The molecule has 7 heteroatoms. The highest BCUT2D eigenvalue weighted by atomic mass is 19.4. The van der Waals surface area contributed by atoms with Gasteiger partial charge in [-0.05, 0) is 23.8 Å². The Kier molecular flexibility index (Phi) is 5.10. The number of benzene rings is 2. The summed E-state index contributed by atoms with van der Waals surface area (Å²) in [6.07, 6.45) is -5.60. The summed E-state index contributed by atoms with van der Waals surface area (Å²) >= 11 is 0. The fraction of sp³-hybridized carbons (Fsp3) is 0.188. The average Bonchev–Trinajstić information content (AvgIpc) is 2.53. The zero-order valence-corrected chi connectivity index (χ0v) is 12.2. The molecule has 2 rings (SSSR count). The Labute approximate surface area is 130 Å². The Balaban J connectivity index is 2.08. The third-order valence-corrected chi connectivity index (χ3v) is 2.98. The van der Waals surface area contributed by atoms with E-state index < -0.39 is 23.5 Å². The number of alkyl halides is 3. The van der Waals surface area contributed by atoms with Crippen LogP contribution in [0, 0.1) is 0 Å². The number of hydrogen-bond donors (Lipinski definition) is 1. The first kappa shape index (κ1) is 16.7. The van der Waals surface area contributed by atoms with Crippen molar-refractivity contribution in [3.05, 3.63) is 59.7 Å². The third kappa shape index (κ3) is 4.64. The molecule has 0 bridgehead atoms. The number of anilines is 1. The van der Waals surface area contributed by atoms with E-state index in [0.717, 1.165) is 17.7 Å². The molecule has 122 valence electrons. The number of carbonyl (C=O) groups is 1. The largest absolute Gasteiger partial charge is 0.497 e. The SMILES string of the molecule is COc1ccc(NC(=O)OCc2ccccc2)c(C(F)(F)F)c1. The standard InChI is InChI=1S/C16H14F3NO3/c1-22-12-7-8-14(13(9-12)16(17,18)19)20-15(21)23-10-11-5-3-2-4-6-11/h2-9H,10H2,1H3,(H,20,21). The molecular formula is C16H14F3NO3. The van der Waals surface area contributed by atoms with Gasteiger partial charge < -0.3 is 9.47 Å². The fourth-order valence-corrected chi connectivity index (χ4v) is 1.86. The second-order valence-electron chi connectivity index (χ2n) is 4.60. The van der Waals surface area contributed by atoms with Crippen molar-refractivity contribution in [3.8, 4) is 5.75 Å². The second kappa shape index (κ2) is 7.04. The summed E-state index contributed by atoms with van der Waals surface area (Å²) in [4.78, 5) is 11.7. The van der Waals surface area contributed by atoms with Crippen molar-refractivity contribution in [3.63, 3.8) is 0 Å². The van der Waals surface area contributed by atoms with E-state index in [0.29, 0.717) is 0 Å². The molecule has 4 nitrogen and oxygen atoms in total. The number of hydrogen-bond acceptors (Lipinski definition) is 3. The highest BCUT2D eigenvalue weighted by Gasteiger charge is 2.34. The van der Waals surface area contributed by atoms with Crippen molar-refractivity contribution in [1.82, 2.24) is 0 Å². The number of methoxy groups -OCH3 is 1. The number of ether oxygens (including phenoxy) is 2. The quantitative estimate of drug-likeness (QED) is 0.902. The van der Waals surface area contributed by atoms with Crippen LogP contribution in [0.15, 0.2) is 48.5 Å². The van der Waals surface area contributed by atoms with E-state index in [1.165, 1.54) is 13.2 Å². The third-order valence-electron chi connectivity index (χ3n) is 2.98. The molecule has 0 saturated heterocycles. The van der Waals surface area contributed by atoms with Crippen LogP contribution < -0.4 is 10.1 Å². The smallest absolute Gasteiger partial charge is 0.418 e. The van der Waals surface area contributed by atoms with Gasteiger partial charge in [-0.2, -0.15) is 13.2 Å². The minimum atomic E-state index is -4.63. The molecule has 0 fully saturated rings. The number of rotatable bonds is 4. The summed E-state index contributed by atoms with van der Waals surface area (Å²) in [6.45, 7) is -0.0375. The number of carbonyl (C=O) groups excluding carboxylic acids is 1. The molecule has 1 amide bonds. The molecule has 0 unspecified atom stereocenters. The van der Waals surface area contributed by atoms with Crippen molar-refractivity contribution in [2.75, 3.05) is 12.4 Å². The molecule has 1 N–H and O–H groups in total. The average molecular weight is 325 g/mol. The van der Waals surface area contributed by atoms with Gasteiger partial charge in [0, 0.05) is 0 Å². The van der Waals surface area contributed by atoms with Gasteiger partial charge in [0.1, 0.15) is 12.4 Å². The van der Waals surface area contributed by atoms with Crippen LogP contribution in [0.1, 0.15) is 11.1 Å². The molecule has 0 spiro atoms. The lowest BCUT2D eigenvalue weighted by atomic mass is 10.1. The van der Waals surface area contributed by atoms with Crippen LogP contribution in [-0.4, -0.2) is 13.2 Å². The van der Waals surface area contributed by atoms with Crippen molar-refractivity contribution >= 4 is 11.8 Å². The molecule has 2 aromatic rings. The highest BCUT2D eigenvalue weighted by molar-refractivity contribution is 5.86. The molecule has 0 atom stereocenters. The van der Waals surface area contributed by atoms with E-state index in [1.807, 2.05) is 0 Å². The van der Waals surface area contributed by atoms with E-state index in [4.69, 9.17) is 9.47 Å². The number of halogens is 3. The lowest BCUT2D eigenvalue weighted by Crippen LogP contribution is -2.17. The topological polar surface area (TPSA) is 47.6 Å². The zero-order chi connectivity index (χ0) is 16.9. The maximum Gasteiger partial charge on any atom is 0.418 e. The first-order valence-corrected chi connectivity index (χ1v) is 6.63. The number of amides is 1. The molecular weight excluding hydrogens is 311 g/mol. The second-order valence-corrected chi connectivity index (χ2v) is 4.60. The number of nitrogens with one attached hydrogen (secondary N) is 1. The summed E-state index contributed by atoms with van der Waals surface area (Å²) in [7, 11) is 1.26. The van der Waals surface area contributed by atoms with E-state index in [9.17, 15) is 18.0 Å². The maximum absolute atomic E-state index is 13.0. The molecule has 0 aliphatic rings. The normalized spacial score (nSPS) is 11.0. The van der Waals surface area contributed by atoms with Crippen LogP contribution in [0.3, 0.4) is 0 Å². The first-order valence-electron chi connectivity index (χ1n) is 6.63. The van der Waals surface area contributed by atoms with Gasteiger partial charge in [0.05, 0.1) is 18.4 Å². The summed E-state index contributed by atoms with van der Waals surface area (Å²) in [6, 6.07) is 12.1. The van der Waals surface area contributed by atoms with E-state index in [2.05, 4.69) is 5.32 Å². The van der Waals surface area contributed by atoms with Gasteiger partial charge in [0.15, 0.2) is 0 Å². The monoisotopic (exact) mass is 325 g/mol. The van der Waals surface area contributed by atoms with Crippen molar-refractivity contribution in [2.24, 2.45) is 0 Å². The predicted octanol–water partition coefficient (Wildman–Crippen LogP) is 4.46. The van der Waals surface area contributed by atoms with Gasteiger partial charge in [-0.25, -0.2) is 4.79 Å². The summed E-state index contributed by atoms with van der Waals surface area (Å²) in [5.41, 5.74) is -0.668. The predicted molar refractivity (Wildman–Crippen MR) is 78.2 cm³/mol. The van der Waals surface area contributed by atoms with Crippen LogP contribution in [0.2, 0.25) is 0 Å². The van der Waals surface area contributed by atoms with Gasteiger partial charge in [0.25, 0.3) is 0 Å². The molecule has 0 saturated carbocycles. The fourth-order valence-electron chi connectivity index (χ4n) is 1.86. The van der Waals surface area contributed by atoms with Crippen LogP contribution >= 0.6 is 0 Å². The molecule has 0 aromatic heterocycles. The molecule has 2 aromatic carbocycles. The molecule has 0 aliphatic heterocycles. The van der Waals surface area contributed by atoms with Crippen molar-refractivity contribution < 1.29 is 27.4 Å². The van der Waals surface area contributed by atoms with Crippen LogP contribution in [-0.2, 0) is 17.5 Å². The Morgan fingerprint density at radius 2 is 1.83 bits per heavy atom. The highest BCUT2D eigenvalue weighted by Crippen LogP contribution is 2.37. The Morgan fingerprint density at radius 1 is 1.13 bits per heavy atom. The van der Waals surface area contributed by atoms with Crippen LogP contribution in [0.4, 0.5) is 23.7 Å². The van der Waals surface area contributed by atoms with E-state index in [1.54, 1.807) is 30.3 Å². The van der Waals surface area contributed by atoms with E-state index >= 15 is 0 Å². The van der Waals surface area contributed by atoms with Crippen molar-refractivity contribution in [1.29, 1.82) is 0 Å². The minimum absolute atomic E-state index is 0.0375. The Morgan fingerprint density at radius 3 is 2.43 bits per heavy atom. The van der Waals surface area contributed by atoms with Gasteiger partial charge in [0.2, 0.25) is 0 Å². The lowest BCUT2D eigenvalue weighted by molar-refractivity contribution is -0.137. The maximum atomic E-state index is 13.0. The zero-order valence-electron chi connectivity index (χ0n) is 12.2. The van der Waals surface area contributed by atoms with Gasteiger partial charge in [-0.1, -0.05) is 30.3 Å². The van der Waals surface area contributed by atoms with Gasteiger partial charge in [-0.15, -0.1) is 0 Å². The lowest BCUT2D eigenvalue weighted by Gasteiger charge is -2.15. The van der Waals surface area contributed by atoms with Crippen molar-refractivity contribution in [2.45, 2.75) is 12.8 Å². The van der Waals surface area contributed by atoms with Crippen LogP contribution in [0.25, 0.3) is 0 Å². The van der Waals surface area contributed by atoms with Crippen LogP contribution in [0.5, 0.6) is 5.75 Å². The van der Waals surface area contributed by atoms with Gasteiger partial charge in [-0.3, -0.25) is 5.32 Å². The summed E-state index contributed by atoms with van der Waals surface area (Å²) < 4.78 is 48.7. The van der Waals surface area contributed by atoms with E-state index in [-0.39, 0.29) is 12.4 Å². The minimum Gasteiger partial charge on any atom is -0.497 e. The summed E-state index contributed by atoms with van der Waals surface area (Å²) in [5.74, 6) is 0.0422. The Hall–Kier alpha value is -2.70. The van der Waals surface area contributed by atoms with Gasteiger partial charge >= 0.3 is 12.3 Å². The molecule has 0 aliphatic carbocycles. The Bertz CT molecular complexity index is 672. The summed E-state index contributed by atoms with van der Waals surface area (Å²) in [5, 5.41) is 2.10. The molecule has 23 heavy (non-hydrogen) atoms. The first-order chi connectivity index (χ1) is 10.9. The molecule has 0 radical (unpaired) electrons. The molecule has 0 heterocycles.